The number of methoxy groups -OCH3 is 1. The maximum Gasteiger partial charge on any atom is 0.342 e. The summed E-state index contributed by atoms with van der Waals surface area (Å²) in [7, 11) is 0.0281. The van der Waals surface area contributed by atoms with Crippen LogP contribution in [-0.4, -0.2) is 77.8 Å². The van der Waals surface area contributed by atoms with Crippen LogP contribution in [0.5, 0.6) is 11.5 Å². The minimum atomic E-state index is -1.47. The predicted octanol–water partition coefficient (Wildman–Crippen LogP) is 8.75. The molecule has 0 saturated carbocycles. The third-order valence-corrected chi connectivity index (χ3v) is 10.3. The van der Waals surface area contributed by atoms with Crippen molar-refractivity contribution in [3.63, 3.8) is 0 Å². The zero-order valence-corrected chi connectivity index (χ0v) is 32.5. The van der Waals surface area contributed by atoms with Crippen molar-refractivity contribution in [1.29, 1.82) is 0 Å². The summed E-state index contributed by atoms with van der Waals surface area (Å²) >= 11 is 0. The van der Waals surface area contributed by atoms with Crippen LogP contribution in [0.2, 0.25) is 25.7 Å². The Morgan fingerprint density at radius 3 is 2.49 bits per heavy atom. The topological polar surface area (TPSA) is 148 Å². The van der Waals surface area contributed by atoms with Gasteiger partial charge in [0.05, 0.1) is 31.4 Å². The minimum Gasteiger partial charge on any atom is -0.493 e. The SMILES string of the molecule is [3H]C(C)[C@@H](C)CC[C@H](OC(=O)c1ccccc1)[C@H]1OC(C)(C)OC1CCCc1cc(OCCN=[N+]=[N-])cc(OCOC)c1C(=O)OCC[Si](C)(C)C. The molecule has 1 saturated heterocycles. The van der Waals surface area contributed by atoms with Gasteiger partial charge in [-0.3, -0.25) is 0 Å². The molecule has 1 aliphatic rings. The fourth-order valence-corrected chi connectivity index (χ4v) is 6.44. The first-order chi connectivity index (χ1) is 24.6. The van der Waals surface area contributed by atoms with E-state index >= 15 is 0 Å². The Labute approximate surface area is 305 Å². The van der Waals surface area contributed by atoms with Gasteiger partial charge in [0.25, 0.3) is 0 Å². The number of ether oxygens (including phenoxy) is 7. The molecule has 0 amide bonds. The molecule has 1 fully saturated rings. The van der Waals surface area contributed by atoms with Crippen molar-refractivity contribution in [3.05, 3.63) is 69.6 Å². The molecule has 0 spiro atoms. The Bertz CT molecular complexity index is 1480. The molecule has 5 atom stereocenters. The molecule has 0 N–H and O–H groups in total. The highest BCUT2D eigenvalue weighted by Crippen LogP contribution is 2.37. The fourth-order valence-electron chi connectivity index (χ4n) is 5.72. The first kappa shape index (κ1) is 40.2. The lowest BCUT2D eigenvalue weighted by Crippen LogP contribution is -2.39. The van der Waals surface area contributed by atoms with Crippen LogP contribution in [0, 0.1) is 5.92 Å². The third kappa shape index (κ3) is 14.1. The highest BCUT2D eigenvalue weighted by Gasteiger charge is 2.46. The van der Waals surface area contributed by atoms with Gasteiger partial charge in [0.2, 0.25) is 0 Å². The first-order valence-electron chi connectivity index (χ1n) is 18.3. The second-order valence-electron chi connectivity index (χ2n) is 14.5. The molecule has 0 aromatic heterocycles. The second kappa shape index (κ2) is 20.4. The second-order valence-corrected chi connectivity index (χ2v) is 20.1. The van der Waals surface area contributed by atoms with Crippen LogP contribution in [0.15, 0.2) is 47.6 Å². The van der Waals surface area contributed by atoms with Gasteiger partial charge in [-0.05, 0) is 87.2 Å². The third-order valence-electron chi connectivity index (χ3n) is 8.57. The molecule has 0 radical (unpaired) electrons. The smallest absolute Gasteiger partial charge is 0.342 e. The number of esters is 2. The van der Waals surface area contributed by atoms with E-state index in [2.05, 4.69) is 29.7 Å². The van der Waals surface area contributed by atoms with Crippen molar-refractivity contribution >= 4 is 20.0 Å². The van der Waals surface area contributed by atoms with Gasteiger partial charge >= 0.3 is 11.9 Å². The van der Waals surface area contributed by atoms with Gasteiger partial charge in [-0.1, -0.05) is 63.2 Å². The fraction of sp³-hybridized carbons (Fsp3) is 0.632. The minimum absolute atomic E-state index is 0.0892. The van der Waals surface area contributed by atoms with Gasteiger partial charge < -0.3 is 33.2 Å². The van der Waals surface area contributed by atoms with Crippen molar-refractivity contribution in [3.8, 4) is 11.5 Å². The molecular formula is C38H57N3O9Si. The molecule has 2 aromatic carbocycles. The van der Waals surface area contributed by atoms with Crippen LogP contribution in [0.25, 0.3) is 10.4 Å². The molecule has 51 heavy (non-hydrogen) atoms. The van der Waals surface area contributed by atoms with E-state index in [0.717, 1.165) is 6.04 Å². The van der Waals surface area contributed by atoms with Crippen molar-refractivity contribution in [2.24, 2.45) is 11.0 Å². The van der Waals surface area contributed by atoms with Crippen LogP contribution >= 0.6 is 0 Å². The van der Waals surface area contributed by atoms with E-state index in [4.69, 9.17) is 40.1 Å². The van der Waals surface area contributed by atoms with E-state index in [0.29, 0.717) is 61.2 Å². The Hall–Kier alpha value is -3.61. The van der Waals surface area contributed by atoms with Gasteiger partial charge in [-0.15, -0.1) is 0 Å². The Morgan fingerprint density at radius 1 is 1.08 bits per heavy atom. The number of carbonyl (C=O) groups excluding carboxylic acids is 2. The number of carbonyl (C=O) groups is 2. The van der Waals surface area contributed by atoms with Crippen molar-refractivity contribution in [2.75, 3.05) is 33.7 Å². The average Bonchev–Trinajstić information content (AvgIpc) is 3.40. The molecule has 1 heterocycles. The molecule has 3 rings (SSSR count). The van der Waals surface area contributed by atoms with Crippen LogP contribution in [-0.2, 0) is 30.1 Å². The van der Waals surface area contributed by atoms with Crippen molar-refractivity contribution < 1.29 is 44.1 Å². The summed E-state index contributed by atoms with van der Waals surface area (Å²) in [6.45, 7) is 14.7. The van der Waals surface area contributed by atoms with Gasteiger partial charge in [-0.25, -0.2) is 9.59 Å². The van der Waals surface area contributed by atoms with E-state index < -0.39 is 44.1 Å². The molecule has 12 nitrogen and oxygen atoms in total. The number of aryl methyl sites for hydroxylation is 1. The highest BCUT2D eigenvalue weighted by molar-refractivity contribution is 6.76. The number of benzene rings is 2. The monoisotopic (exact) mass is 729 g/mol. The number of azide groups is 1. The van der Waals surface area contributed by atoms with Gasteiger partial charge in [0.1, 0.15) is 29.3 Å². The van der Waals surface area contributed by atoms with E-state index in [9.17, 15) is 9.59 Å². The summed E-state index contributed by atoms with van der Waals surface area (Å²) < 4.78 is 49.9. The lowest BCUT2D eigenvalue weighted by atomic mass is 9.93. The first-order valence-corrected chi connectivity index (χ1v) is 21.5. The lowest BCUT2D eigenvalue weighted by Gasteiger charge is -2.28. The van der Waals surface area contributed by atoms with E-state index in [1.807, 2.05) is 33.8 Å². The maximum atomic E-state index is 13.7. The summed E-state index contributed by atoms with van der Waals surface area (Å²) in [4.78, 5) is 29.7. The maximum absolute atomic E-state index is 13.7. The predicted molar refractivity (Wildman–Crippen MR) is 198 cm³/mol. The molecule has 0 bridgehead atoms. The molecule has 0 aliphatic carbocycles. The summed E-state index contributed by atoms with van der Waals surface area (Å²) in [6, 6.07) is 13.1. The Balaban J connectivity index is 1.89. The van der Waals surface area contributed by atoms with Crippen LogP contribution in [0.4, 0.5) is 0 Å². The van der Waals surface area contributed by atoms with E-state index in [-0.39, 0.29) is 38.0 Å². The lowest BCUT2D eigenvalue weighted by molar-refractivity contribution is -0.156. The molecule has 2 aromatic rings. The molecular weight excluding hydrogens is 671 g/mol. The summed E-state index contributed by atoms with van der Waals surface area (Å²) in [5, 5.41) is 3.54. The van der Waals surface area contributed by atoms with E-state index in [1.165, 1.54) is 7.11 Å². The largest absolute Gasteiger partial charge is 0.493 e. The van der Waals surface area contributed by atoms with Crippen LogP contribution in [0.1, 0.15) is 87.4 Å². The number of hydrogen-bond acceptors (Lipinski definition) is 10. The zero-order valence-electron chi connectivity index (χ0n) is 32.5. The van der Waals surface area contributed by atoms with Gasteiger partial charge in [0.15, 0.2) is 12.6 Å². The zero-order chi connectivity index (χ0) is 38.3. The van der Waals surface area contributed by atoms with E-state index in [1.54, 1.807) is 36.4 Å². The Morgan fingerprint density at radius 2 is 1.82 bits per heavy atom. The molecule has 2 unspecified atom stereocenters. The van der Waals surface area contributed by atoms with Gasteiger partial charge in [-0.2, -0.15) is 0 Å². The number of nitrogens with zero attached hydrogens (tertiary/aromatic N) is 3. The standard InChI is InChI=1S/C38H57N3O9Si/c1-9-27(2)18-19-31(48-36(42)28-14-11-10-12-15-28)35-32(49-38(3,4)50-35)17-13-16-29-24-30(45-21-20-40-41-39)25-33(47-26-44-5)34(29)37(43)46-22-23-51(6,7)8/h10-12,14-15,24-25,27,31-32,35H,9,13,16-23,26H2,1-8H3/t27-,31+,32?,35-/m1/s1/i9T/t9?,27-,31+,32?,35-. The quantitative estimate of drug-likeness (QED) is 0.0221. The van der Waals surface area contributed by atoms with Crippen molar-refractivity contribution in [1.82, 2.24) is 0 Å². The molecule has 13 heteroatoms. The van der Waals surface area contributed by atoms with Crippen LogP contribution < -0.4 is 9.47 Å². The average molecular weight is 730 g/mol. The summed E-state index contributed by atoms with van der Waals surface area (Å²) in [5.41, 5.74) is 10.1. The number of hydrogen-bond donors (Lipinski definition) is 0. The summed E-state index contributed by atoms with van der Waals surface area (Å²) in [5.74, 6) is -1.06. The number of rotatable bonds is 22. The van der Waals surface area contributed by atoms with Crippen LogP contribution in [0.3, 0.4) is 0 Å². The highest BCUT2D eigenvalue weighted by atomic mass is 28.3. The molecule has 282 valence electrons. The normalized spacial score (nSPS) is 18.9. The van der Waals surface area contributed by atoms with Crippen molar-refractivity contribution in [2.45, 2.75) is 116 Å². The van der Waals surface area contributed by atoms with Gasteiger partial charge in [0, 0.05) is 27.5 Å². The molecule has 1 aliphatic heterocycles. The Kier molecular flexibility index (Phi) is 16.1. The summed E-state index contributed by atoms with van der Waals surface area (Å²) in [6.07, 6.45) is 0.844.